The largest absolute Gasteiger partial charge is 0.497 e. The molecular weight excluding hydrogens is 414 g/mol. The van der Waals surface area contributed by atoms with Crippen molar-refractivity contribution in [3.8, 4) is 5.75 Å². The number of benzene rings is 2. The van der Waals surface area contributed by atoms with E-state index in [2.05, 4.69) is 10.2 Å². The van der Waals surface area contributed by atoms with Crippen molar-refractivity contribution in [2.45, 2.75) is 26.3 Å². The van der Waals surface area contributed by atoms with Crippen LogP contribution in [0.15, 0.2) is 51.7 Å². The molecular formula is C23H19N3O4S. The second-order valence-electron chi connectivity index (χ2n) is 7.36. The SMILES string of the molecule is CCc1nnc(N2C(=O)c3oc4cc(OC)ccc4c(=O)c3C2c2ccc(C)cc2)s1. The van der Waals surface area contributed by atoms with Gasteiger partial charge in [-0.1, -0.05) is 48.1 Å². The quantitative estimate of drug-likeness (QED) is 0.478. The van der Waals surface area contributed by atoms with Crippen LogP contribution in [-0.4, -0.2) is 23.2 Å². The molecule has 2 aromatic carbocycles. The minimum Gasteiger partial charge on any atom is -0.497 e. The average Bonchev–Trinajstić information content (AvgIpc) is 3.37. The van der Waals surface area contributed by atoms with Gasteiger partial charge in [-0.25, -0.2) is 0 Å². The second kappa shape index (κ2) is 7.31. The fourth-order valence-electron chi connectivity index (χ4n) is 3.82. The van der Waals surface area contributed by atoms with Crippen LogP contribution in [0.4, 0.5) is 5.13 Å². The van der Waals surface area contributed by atoms with E-state index in [1.807, 2.05) is 38.1 Å². The van der Waals surface area contributed by atoms with Gasteiger partial charge in [0.2, 0.25) is 10.9 Å². The lowest BCUT2D eigenvalue weighted by Crippen LogP contribution is -2.29. The number of hydrogen-bond donors (Lipinski definition) is 0. The van der Waals surface area contributed by atoms with Crippen LogP contribution in [0.5, 0.6) is 5.75 Å². The van der Waals surface area contributed by atoms with E-state index >= 15 is 0 Å². The number of ether oxygens (including phenoxy) is 1. The summed E-state index contributed by atoms with van der Waals surface area (Å²) in [5.41, 5.74) is 2.29. The average molecular weight is 433 g/mol. The van der Waals surface area contributed by atoms with Gasteiger partial charge < -0.3 is 9.15 Å². The number of anilines is 1. The van der Waals surface area contributed by atoms with Crippen LogP contribution < -0.4 is 15.1 Å². The first kappa shape index (κ1) is 19.4. The molecule has 0 aliphatic carbocycles. The van der Waals surface area contributed by atoms with Gasteiger partial charge in [-0.2, -0.15) is 0 Å². The Balaban J connectivity index is 1.78. The zero-order valence-corrected chi connectivity index (χ0v) is 18.0. The molecule has 0 N–H and O–H groups in total. The van der Waals surface area contributed by atoms with Gasteiger partial charge in [0.15, 0.2) is 5.43 Å². The molecule has 31 heavy (non-hydrogen) atoms. The number of carbonyl (C=O) groups excluding carboxylic acids is 1. The van der Waals surface area contributed by atoms with E-state index in [0.29, 0.717) is 33.8 Å². The Morgan fingerprint density at radius 3 is 2.58 bits per heavy atom. The first-order valence-corrected chi connectivity index (χ1v) is 10.7. The van der Waals surface area contributed by atoms with Gasteiger partial charge >= 0.3 is 0 Å². The van der Waals surface area contributed by atoms with Crippen LogP contribution in [0.2, 0.25) is 0 Å². The van der Waals surface area contributed by atoms with Gasteiger partial charge in [-0.05, 0) is 31.0 Å². The number of carbonyl (C=O) groups is 1. The lowest BCUT2D eigenvalue weighted by atomic mass is 9.98. The smallest absolute Gasteiger partial charge is 0.297 e. The van der Waals surface area contributed by atoms with Crippen molar-refractivity contribution in [1.29, 1.82) is 0 Å². The molecule has 1 unspecified atom stereocenters. The number of nitrogens with zero attached hydrogens (tertiary/aromatic N) is 3. The number of aromatic nitrogens is 2. The van der Waals surface area contributed by atoms with E-state index in [1.54, 1.807) is 18.2 Å². The van der Waals surface area contributed by atoms with Crippen LogP contribution in [-0.2, 0) is 6.42 Å². The molecule has 0 spiro atoms. The lowest BCUT2D eigenvalue weighted by molar-refractivity contribution is 0.0970. The van der Waals surface area contributed by atoms with E-state index in [4.69, 9.17) is 9.15 Å². The summed E-state index contributed by atoms with van der Waals surface area (Å²) in [6.07, 6.45) is 0.711. The maximum atomic E-state index is 13.5. The van der Waals surface area contributed by atoms with Gasteiger partial charge in [-0.15, -0.1) is 10.2 Å². The Hall–Kier alpha value is -3.52. The molecule has 4 aromatic rings. The summed E-state index contributed by atoms with van der Waals surface area (Å²) in [6.45, 7) is 3.97. The highest BCUT2D eigenvalue weighted by molar-refractivity contribution is 7.15. The molecule has 1 aliphatic heterocycles. The predicted molar refractivity (Wildman–Crippen MR) is 118 cm³/mol. The van der Waals surface area contributed by atoms with Gasteiger partial charge in [0.1, 0.15) is 16.3 Å². The van der Waals surface area contributed by atoms with Crippen molar-refractivity contribution < 1.29 is 13.9 Å². The molecule has 0 radical (unpaired) electrons. The first-order valence-electron chi connectivity index (χ1n) is 9.89. The van der Waals surface area contributed by atoms with Crippen molar-refractivity contribution in [1.82, 2.24) is 10.2 Å². The molecule has 0 saturated carbocycles. The number of rotatable bonds is 4. The molecule has 0 fully saturated rings. The topological polar surface area (TPSA) is 85.5 Å². The second-order valence-corrected chi connectivity index (χ2v) is 8.40. The number of methoxy groups -OCH3 is 1. The molecule has 1 atom stereocenters. The maximum Gasteiger partial charge on any atom is 0.297 e. The molecule has 0 saturated heterocycles. The third-order valence-electron chi connectivity index (χ3n) is 5.44. The molecule has 7 nitrogen and oxygen atoms in total. The monoisotopic (exact) mass is 433 g/mol. The van der Waals surface area contributed by atoms with Crippen LogP contribution in [0.3, 0.4) is 0 Å². The predicted octanol–water partition coefficient (Wildman–Crippen LogP) is 4.27. The van der Waals surface area contributed by atoms with Crippen molar-refractivity contribution >= 4 is 33.3 Å². The van der Waals surface area contributed by atoms with Gasteiger partial charge in [0.05, 0.1) is 24.1 Å². The highest BCUT2D eigenvalue weighted by Gasteiger charge is 2.45. The summed E-state index contributed by atoms with van der Waals surface area (Å²) >= 11 is 1.34. The third kappa shape index (κ3) is 3.02. The number of hydrogen-bond acceptors (Lipinski definition) is 7. The summed E-state index contributed by atoms with van der Waals surface area (Å²) in [4.78, 5) is 28.6. The van der Waals surface area contributed by atoms with Gasteiger partial charge in [0, 0.05) is 6.07 Å². The van der Waals surface area contributed by atoms with Crippen molar-refractivity contribution in [3.63, 3.8) is 0 Å². The molecule has 1 amide bonds. The van der Waals surface area contributed by atoms with Gasteiger partial charge in [-0.3, -0.25) is 14.5 Å². The lowest BCUT2D eigenvalue weighted by Gasteiger charge is -2.22. The normalized spacial score (nSPS) is 15.5. The summed E-state index contributed by atoms with van der Waals surface area (Å²) in [5, 5.41) is 10.1. The highest BCUT2D eigenvalue weighted by atomic mass is 32.1. The maximum absolute atomic E-state index is 13.5. The van der Waals surface area contributed by atoms with Crippen LogP contribution in [0.1, 0.15) is 45.2 Å². The highest BCUT2D eigenvalue weighted by Crippen LogP contribution is 2.42. The van der Waals surface area contributed by atoms with E-state index in [1.165, 1.54) is 23.3 Å². The fraction of sp³-hybridized carbons (Fsp3) is 0.217. The Morgan fingerprint density at radius 1 is 1.13 bits per heavy atom. The fourth-order valence-corrected chi connectivity index (χ4v) is 4.63. The summed E-state index contributed by atoms with van der Waals surface area (Å²) in [5.74, 6) is 0.176. The molecule has 2 aromatic heterocycles. The van der Waals surface area contributed by atoms with Gasteiger partial charge in [0.25, 0.3) is 5.91 Å². The third-order valence-corrected chi connectivity index (χ3v) is 6.50. The van der Waals surface area contributed by atoms with E-state index in [0.717, 1.165) is 16.1 Å². The van der Waals surface area contributed by atoms with E-state index in [-0.39, 0.29) is 11.2 Å². The molecule has 5 rings (SSSR count). The summed E-state index contributed by atoms with van der Waals surface area (Å²) in [6, 6.07) is 12.1. The Kier molecular flexibility index (Phi) is 4.59. The molecule has 0 bridgehead atoms. The summed E-state index contributed by atoms with van der Waals surface area (Å²) < 4.78 is 11.2. The van der Waals surface area contributed by atoms with Crippen molar-refractivity contribution in [2.24, 2.45) is 0 Å². The zero-order chi connectivity index (χ0) is 21.7. The van der Waals surface area contributed by atoms with E-state index in [9.17, 15) is 9.59 Å². The molecule has 1 aliphatic rings. The Bertz CT molecular complexity index is 1370. The standard InChI is InChI=1S/C23H19N3O4S/c1-4-17-24-25-23(31-17)26-19(13-7-5-12(2)6-8-13)18-20(27)15-10-9-14(29-3)11-16(15)30-21(18)22(26)28/h5-11,19H,4H2,1-3H3. The summed E-state index contributed by atoms with van der Waals surface area (Å²) in [7, 11) is 1.54. The van der Waals surface area contributed by atoms with Crippen molar-refractivity contribution in [3.05, 3.63) is 80.1 Å². The zero-order valence-electron chi connectivity index (χ0n) is 17.2. The van der Waals surface area contributed by atoms with Crippen LogP contribution in [0, 0.1) is 6.92 Å². The molecule has 8 heteroatoms. The van der Waals surface area contributed by atoms with Crippen LogP contribution in [0.25, 0.3) is 11.0 Å². The minimum absolute atomic E-state index is 0.0320. The number of aryl methyl sites for hydroxylation is 2. The Labute approximate surface area is 181 Å². The van der Waals surface area contributed by atoms with Crippen LogP contribution >= 0.6 is 11.3 Å². The van der Waals surface area contributed by atoms with Crippen molar-refractivity contribution in [2.75, 3.05) is 12.0 Å². The first-order chi connectivity index (χ1) is 15.0. The Morgan fingerprint density at radius 2 is 1.90 bits per heavy atom. The van der Waals surface area contributed by atoms with E-state index < -0.39 is 11.9 Å². The number of amides is 1. The molecule has 156 valence electrons. The molecule has 3 heterocycles. The number of fused-ring (bicyclic) bond motifs is 2. The minimum atomic E-state index is -0.636.